The number of carbonyl (C=O) groups excluding carboxylic acids is 2. The lowest BCUT2D eigenvalue weighted by atomic mass is 10.0. The Kier molecular flexibility index (Phi) is 10.3. The molecule has 0 heterocycles. The average molecular weight is 560 g/mol. The standard InChI is InChI=1S/C28H31ClFN3O4S/c1-31-28(35)26(19-21-9-4-3-5-10-21)32(20-22-11-6-7-12-25(22)29)27(34)13-8-18-33(38(2,36)37)24-16-14-23(30)15-17-24/h3-7,9-12,14-17,26H,8,13,18-20H2,1-2H3,(H,31,35). The van der Waals surface area contributed by atoms with Crippen molar-refractivity contribution in [2.45, 2.75) is 31.8 Å². The molecule has 0 aliphatic heterocycles. The minimum atomic E-state index is -3.67. The second-order valence-corrected chi connectivity index (χ2v) is 11.2. The fourth-order valence-corrected chi connectivity index (χ4v) is 5.30. The van der Waals surface area contributed by atoms with Crippen LogP contribution >= 0.6 is 11.6 Å². The summed E-state index contributed by atoms with van der Waals surface area (Å²) in [5, 5.41) is 3.13. The Bertz CT molecular complexity index is 1340. The maximum atomic E-state index is 13.6. The second-order valence-electron chi connectivity index (χ2n) is 8.85. The summed E-state index contributed by atoms with van der Waals surface area (Å²) in [6.07, 6.45) is 1.53. The highest BCUT2D eigenvalue weighted by atomic mass is 35.5. The van der Waals surface area contributed by atoms with Gasteiger partial charge in [-0.2, -0.15) is 0 Å². The Morgan fingerprint density at radius 2 is 1.61 bits per heavy atom. The molecule has 202 valence electrons. The number of nitrogens with zero attached hydrogens (tertiary/aromatic N) is 2. The summed E-state index contributed by atoms with van der Waals surface area (Å²) in [6, 6.07) is 20.8. The first-order valence-electron chi connectivity index (χ1n) is 12.1. The number of hydrogen-bond acceptors (Lipinski definition) is 4. The Hall–Kier alpha value is -3.43. The van der Waals surface area contributed by atoms with Crippen molar-refractivity contribution in [1.82, 2.24) is 10.2 Å². The van der Waals surface area contributed by atoms with E-state index in [2.05, 4.69) is 5.32 Å². The third-order valence-corrected chi connectivity index (χ3v) is 7.65. The molecule has 1 unspecified atom stereocenters. The zero-order valence-electron chi connectivity index (χ0n) is 21.3. The van der Waals surface area contributed by atoms with E-state index >= 15 is 0 Å². The lowest BCUT2D eigenvalue weighted by Gasteiger charge is -2.32. The lowest BCUT2D eigenvalue weighted by molar-refractivity contribution is -0.141. The first kappa shape index (κ1) is 29.1. The van der Waals surface area contributed by atoms with Crippen LogP contribution in [0.4, 0.5) is 10.1 Å². The van der Waals surface area contributed by atoms with Crippen molar-refractivity contribution in [2.75, 3.05) is 24.2 Å². The van der Waals surface area contributed by atoms with Gasteiger partial charge in [0.05, 0.1) is 11.9 Å². The Morgan fingerprint density at radius 3 is 2.21 bits per heavy atom. The molecule has 0 saturated heterocycles. The van der Waals surface area contributed by atoms with Crippen LogP contribution < -0.4 is 9.62 Å². The van der Waals surface area contributed by atoms with Gasteiger partial charge in [-0.1, -0.05) is 60.1 Å². The zero-order valence-corrected chi connectivity index (χ0v) is 22.9. The van der Waals surface area contributed by atoms with E-state index < -0.39 is 21.9 Å². The van der Waals surface area contributed by atoms with Gasteiger partial charge < -0.3 is 10.2 Å². The number of likely N-dealkylation sites (N-methyl/N-ethyl adjacent to an activating group) is 1. The molecule has 0 bridgehead atoms. The minimum Gasteiger partial charge on any atom is -0.357 e. The largest absolute Gasteiger partial charge is 0.357 e. The number of benzene rings is 3. The molecule has 38 heavy (non-hydrogen) atoms. The Labute approximate surface area is 228 Å². The highest BCUT2D eigenvalue weighted by Gasteiger charge is 2.30. The molecule has 1 N–H and O–H groups in total. The molecular formula is C28H31ClFN3O4S. The van der Waals surface area contributed by atoms with Crippen molar-refractivity contribution < 1.29 is 22.4 Å². The number of nitrogens with one attached hydrogen (secondary N) is 1. The monoisotopic (exact) mass is 559 g/mol. The zero-order chi connectivity index (χ0) is 27.7. The van der Waals surface area contributed by atoms with Gasteiger partial charge in [-0.25, -0.2) is 12.8 Å². The van der Waals surface area contributed by atoms with E-state index in [1.165, 1.54) is 36.2 Å². The summed E-state index contributed by atoms with van der Waals surface area (Å²) in [4.78, 5) is 28.1. The molecule has 0 aromatic heterocycles. The molecule has 10 heteroatoms. The van der Waals surface area contributed by atoms with Gasteiger partial charge in [0.15, 0.2) is 0 Å². The molecule has 3 aromatic rings. The van der Waals surface area contributed by atoms with E-state index in [-0.39, 0.29) is 37.7 Å². The molecular weight excluding hydrogens is 529 g/mol. The predicted molar refractivity (Wildman–Crippen MR) is 148 cm³/mol. The smallest absolute Gasteiger partial charge is 0.242 e. The number of hydrogen-bond donors (Lipinski definition) is 1. The molecule has 3 rings (SSSR count). The van der Waals surface area contributed by atoms with E-state index in [1.54, 1.807) is 18.2 Å². The van der Waals surface area contributed by atoms with E-state index in [0.717, 1.165) is 16.1 Å². The third kappa shape index (κ3) is 8.03. The van der Waals surface area contributed by atoms with E-state index in [4.69, 9.17) is 11.6 Å². The number of carbonyl (C=O) groups is 2. The maximum Gasteiger partial charge on any atom is 0.242 e. The van der Waals surface area contributed by atoms with Gasteiger partial charge in [-0.05, 0) is 47.9 Å². The highest BCUT2D eigenvalue weighted by molar-refractivity contribution is 7.92. The van der Waals surface area contributed by atoms with E-state index in [1.807, 2.05) is 36.4 Å². The van der Waals surface area contributed by atoms with Crippen molar-refractivity contribution in [3.63, 3.8) is 0 Å². The molecule has 3 aromatic carbocycles. The third-order valence-electron chi connectivity index (χ3n) is 6.08. The van der Waals surface area contributed by atoms with Gasteiger partial charge in [0.25, 0.3) is 0 Å². The van der Waals surface area contributed by atoms with Crippen LogP contribution in [-0.4, -0.2) is 51.0 Å². The van der Waals surface area contributed by atoms with Gasteiger partial charge in [-0.3, -0.25) is 13.9 Å². The Balaban J connectivity index is 1.84. The molecule has 2 amide bonds. The lowest BCUT2D eigenvalue weighted by Crippen LogP contribution is -2.49. The van der Waals surface area contributed by atoms with Crippen LogP contribution in [0.2, 0.25) is 5.02 Å². The summed E-state index contributed by atoms with van der Waals surface area (Å²) in [6.45, 7) is 0.122. The molecule has 0 aliphatic rings. The molecule has 0 aliphatic carbocycles. The van der Waals surface area contributed by atoms with E-state index in [0.29, 0.717) is 22.7 Å². The molecule has 0 spiro atoms. The van der Waals surface area contributed by atoms with Crippen LogP contribution in [0, 0.1) is 5.82 Å². The molecule has 0 saturated carbocycles. The van der Waals surface area contributed by atoms with Crippen LogP contribution in [0.1, 0.15) is 24.0 Å². The van der Waals surface area contributed by atoms with Crippen LogP contribution in [-0.2, 0) is 32.6 Å². The van der Waals surface area contributed by atoms with Gasteiger partial charge >= 0.3 is 0 Å². The number of anilines is 1. The fraction of sp³-hybridized carbons (Fsp3) is 0.286. The average Bonchev–Trinajstić information content (AvgIpc) is 2.89. The van der Waals surface area contributed by atoms with Crippen LogP contribution in [0.5, 0.6) is 0 Å². The molecule has 0 fully saturated rings. The first-order chi connectivity index (χ1) is 18.1. The van der Waals surface area contributed by atoms with Crippen molar-refractivity contribution >= 4 is 39.1 Å². The number of sulfonamides is 1. The van der Waals surface area contributed by atoms with Crippen LogP contribution in [0.3, 0.4) is 0 Å². The van der Waals surface area contributed by atoms with Crippen LogP contribution in [0.15, 0.2) is 78.9 Å². The summed E-state index contributed by atoms with van der Waals surface area (Å²) in [7, 11) is -2.15. The van der Waals surface area contributed by atoms with Crippen molar-refractivity contribution in [3.05, 3.63) is 101 Å². The van der Waals surface area contributed by atoms with Crippen molar-refractivity contribution in [1.29, 1.82) is 0 Å². The number of rotatable bonds is 12. The van der Waals surface area contributed by atoms with Gasteiger partial charge in [0.1, 0.15) is 11.9 Å². The normalized spacial score (nSPS) is 12.0. The number of halogens is 2. The van der Waals surface area contributed by atoms with Crippen molar-refractivity contribution in [3.8, 4) is 0 Å². The molecule has 1 atom stereocenters. The summed E-state index contributed by atoms with van der Waals surface area (Å²) < 4.78 is 39.3. The molecule has 7 nitrogen and oxygen atoms in total. The predicted octanol–water partition coefficient (Wildman–Crippen LogP) is 4.41. The fourth-order valence-electron chi connectivity index (χ4n) is 4.14. The summed E-state index contributed by atoms with van der Waals surface area (Å²) >= 11 is 6.39. The topological polar surface area (TPSA) is 86.8 Å². The second kappa shape index (κ2) is 13.4. The molecule has 0 radical (unpaired) electrons. The SMILES string of the molecule is CNC(=O)C(Cc1ccccc1)N(Cc1ccccc1Cl)C(=O)CCCN(c1ccc(F)cc1)S(C)(=O)=O. The first-order valence-corrected chi connectivity index (χ1v) is 14.3. The van der Waals surface area contributed by atoms with E-state index in [9.17, 15) is 22.4 Å². The van der Waals surface area contributed by atoms with Gasteiger partial charge in [-0.15, -0.1) is 0 Å². The maximum absolute atomic E-state index is 13.6. The van der Waals surface area contributed by atoms with Gasteiger partial charge in [0, 0.05) is 38.0 Å². The van der Waals surface area contributed by atoms with Crippen molar-refractivity contribution in [2.24, 2.45) is 0 Å². The highest BCUT2D eigenvalue weighted by Crippen LogP contribution is 2.22. The quantitative estimate of drug-likeness (QED) is 0.356. The Morgan fingerprint density at radius 1 is 0.974 bits per heavy atom. The van der Waals surface area contributed by atoms with Crippen LogP contribution in [0.25, 0.3) is 0 Å². The summed E-state index contributed by atoms with van der Waals surface area (Å²) in [5.74, 6) is -1.12. The number of amides is 2. The minimum absolute atomic E-state index is 0.0134. The van der Waals surface area contributed by atoms with Gasteiger partial charge in [0.2, 0.25) is 21.8 Å². The summed E-state index contributed by atoms with van der Waals surface area (Å²) in [5.41, 5.74) is 1.88.